The standard InChI is InChI=1S/C27H30O18/c28-5-13-17(34)20(37)22(39)26(43-13)42-12-2-7(1-10(32)16(12)33)24-25(19(36)15-9(31)3-8(30)4-11(15)41-24)45-27-23(40)21(38)18(35)14(6-29)44-27/h1-4,13-14,17-18,20-23,26-35,37-40H,5-6H2/t13-,14-,17+,18+,20+,21+,22-,23-,26?,27?/m1/s1. The predicted octanol–water partition coefficient (Wildman–Crippen LogP) is -3.36. The Hall–Kier alpha value is -3.95. The van der Waals surface area contributed by atoms with Crippen LogP contribution in [0.1, 0.15) is 0 Å². The highest BCUT2D eigenvalue weighted by molar-refractivity contribution is 5.88. The Morgan fingerprint density at radius 1 is 0.667 bits per heavy atom. The van der Waals surface area contributed by atoms with Gasteiger partial charge in [0.1, 0.15) is 71.3 Å². The number of aliphatic hydroxyl groups excluding tert-OH is 8. The van der Waals surface area contributed by atoms with E-state index in [0.29, 0.717) is 0 Å². The number of phenolic OH excluding ortho intramolecular Hbond substituents is 4. The molecule has 0 saturated carbocycles. The lowest BCUT2D eigenvalue weighted by Crippen LogP contribution is -2.60. The fourth-order valence-electron chi connectivity index (χ4n) is 4.95. The van der Waals surface area contributed by atoms with E-state index in [-0.39, 0.29) is 5.56 Å². The first-order valence-corrected chi connectivity index (χ1v) is 13.3. The molecule has 0 radical (unpaired) electrons. The van der Waals surface area contributed by atoms with Gasteiger partial charge in [0.15, 0.2) is 17.3 Å². The highest BCUT2D eigenvalue weighted by Gasteiger charge is 2.46. The van der Waals surface area contributed by atoms with Gasteiger partial charge in [0.2, 0.25) is 29.5 Å². The highest BCUT2D eigenvalue weighted by Crippen LogP contribution is 2.44. The van der Waals surface area contributed by atoms with Crippen molar-refractivity contribution in [2.45, 2.75) is 61.4 Å². The van der Waals surface area contributed by atoms with Crippen LogP contribution >= 0.6 is 0 Å². The van der Waals surface area contributed by atoms with Crippen LogP contribution < -0.4 is 14.9 Å². The molecule has 5 rings (SSSR count). The summed E-state index contributed by atoms with van der Waals surface area (Å²) in [6.45, 7) is -1.64. The van der Waals surface area contributed by atoms with Crippen LogP contribution in [-0.4, -0.2) is 136 Å². The van der Waals surface area contributed by atoms with Gasteiger partial charge in [-0.2, -0.15) is 0 Å². The van der Waals surface area contributed by atoms with Crippen molar-refractivity contribution in [3.63, 3.8) is 0 Å². The van der Waals surface area contributed by atoms with Crippen LogP contribution in [-0.2, 0) is 9.47 Å². The number of ether oxygens (including phenoxy) is 4. The van der Waals surface area contributed by atoms with Gasteiger partial charge in [-0.15, -0.1) is 0 Å². The average Bonchev–Trinajstić information content (AvgIpc) is 3.00. The van der Waals surface area contributed by atoms with Crippen LogP contribution in [0.4, 0.5) is 0 Å². The van der Waals surface area contributed by atoms with E-state index in [4.69, 9.17) is 23.4 Å². The van der Waals surface area contributed by atoms with Crippen molar-refractivity contribution in [3.8, 4) is 45.8 Å². The smallest absolute Gasteiger partial charge is 0.239 e. The Morgan fingerprint density at radius 2 is 1.22 bits per heavy atom. The number of benzene rings is 2. The van der Waals surface area contributed by atoms with Gasteiger partial charge in [0, 0.05) is 17.7 Å². The summed E-state index contributed by atoms with van der Waals surface area (Å²) < 4.78 is 27.4. The molecule has 45 heavy (non-hydrogen) atoms. The third kappa shape index (κ3) is 5.79. The van der Waals surface area contributed by atoms with Crippen LogP contribution in [0.5, 0.6) is 34.5 Å². The Balaban J connectivity index is 1.63. The van der Waals surface area contributed by atoms with E-state index in [1.165, 1.54) is 0 Å². The quantitative estimate of drug-likeness (QED) is 0.112. The molecule has 18 heteroatoms. The van der Waals surface area contributed by atoms with Crippen LogP contribution in [0.2, 0.25) is 0 Å². The molecular formula is C27H30O18. The van der Waals surface area contributed by atoms with E-state index >= 15 is 0 Å². The predicted molar refractivity (Wildman–Crippen MR) is 143 cm³/mol. The molecule has 10 atom stereocenters. The summed E-state index contributed by atoms with van der Waals surface area (Å²) in [6.07, 6.45) is -17.8. The van der Waals surface area contributed by atoms with E-state index in [1.807, 2.05) is 0 Å². The molecule has 2 aliphatic rings. The molecule has 3 aromatic rings. The second kappa shape index (κ2) is 12.4. The average molecular weight is 643 g/mol. The van der Waals surface area contributed by atoms with Crippen LogP contribution in [0.15, 0.2) is 33.5 Å². The molecule has 1 aromatic heterocycles. The lowest BCUT2D eigenvalue weighted by atomic mass is 9.99. The first-order chi connectivity index (χ1) is 21.3. The second-order valence-corrected chi connectivity index (χ2v) is 10.4. The first-order valence-electron chi connectivity index (χ1n) is 13.3. The normalized spacial score (nSPS) is 32.0. The van der Waals surface area contributed by atoms with E-state index in [1.54, 1.807) is 0 Å². The lowest BCUT2D eigenvalue weighted by molar-refractivity contribution is -0.277. The van der Waals surface area contributed by atoms with Crippen molar-refractivity contribution >= 4 is 11.0 Å². The summed E-state index contributed by atoms with van der Waals surface area (Å²) in [6, 6.07) is 3.55. The van der Waals surface area contributed by atoms with Gasteiger partial charge in [-0.05, 0) is 12.1 Å². The van der Waals surface area contributed by atoms with E-state index in [2.05, 4.69) is 0 Å². The third-order valence-electron chi connectivity index (χ3n) is 7.41. The summed E-state index contributed by atoms with van der Waals surface area (Å²) in [4.78, 5) is 13.7. The van der Waals surface area contributed by atoms with Gasteiger partial charge < -0.3 is 84.6 Å². The van der Waals surface area contributed by atoms with Crippen molar-refractivity contribution in [1.29, 1.82) is 0 Å². The molecule has 3 heterocycles. The Bertz CT molecular complexity index is 1600. The summed E-state index contributed by atoms with van der Waals surface area (Å²) in [5.74, 6) is -5.24. The van der Waals surface area contributed by atoms with Gasteiger partial charge in [0.25, 0.3) is 0 Å². The number of aliphatic hydroxyl groups is 8. The topological polar surface area (TPSA) is 310 Å². The molecule has 0 spiro atoms. The SMILES string of the molecule is O=c1c(OC2O[C@H](CO)[C@H](O)[C@H](O)[C@H]2O)c(-c2cc(O)c(O)c(OC3O[C@H](CO)[C@H](O)[C@H](O)[C@H]3O)c2)oc2cc(O)cc(O)c12. The molecule has 2 aliphatic heterocycles. The number of aromatic hydroxyl groups is 4. The molecule has 2 fully saturated rings. The Kier molecular flexibility index (Phi) is 8.97. The zero-order valence-corrected chi connectivity index (χ0v) is 22.8. The van der Waals surface area contributed by atoms with Crippen LogP contribution in [0.25, 0.3) is 22.3 Å². The zero-order chi connectivity index (χ0) is 32.9. The maximum atomic E-state index is 13.7. The van der Waals surface area contributed by atoms with Gasteiger partial charge in [-0.25, -0.2) is 0 Å². The van der Waals surface area contributed by atoms with Gasteiger partial charge in [-0.1, -0.05) is 0 Å². The van der Waals surface area contributed by atoms with Crippen molar-refractivity contribution < 1.29 is 84.6 Å². The maximum Gasteiger partial charge on any atom is 0.239 e. The number of phenols is 4. The van der Waals surface area contributed by atoms with E-state index < -0.39 is 131 Å². The zero-order valence-electron chi connectivity index (χ0n) is 22.8. The number of fused-ring (bicyclic) bond motifs is 1. The molecule has 246 valence electrons. The summed E-state index contributed by atoms with van der Waals surface area (Å²) in [7, 11) is 0. The van der Waals surface area contributed by atoms with Crippen molar-refractivity contribution in [2.75, 3.05) is 13.2 Å². The molecule has 2 aromatic carbocycles. The minimum absolute atomic E-state index is 0.327. The van der Waals surface area contributed by atoms with Crippen LogP contribution in [0, 0.1) is 0 Å². The molecule has 0 amide bonds. The molecular weight excluding hydrogens is 612 g/mol. The van der Waals surface area contributed by atoms with E-state index in [0.717, 1.165) is 24.3 Å². The van der Waals surface area contributed by atoms with Gasteiger partial charge >= 0.3 is 0 Å². The monoisotopic (exact) mass is 642 g/mol. The fraction of sp³-hybridized carbons (Fsp3) is 0.444. The summed E-state index contributed by atoms with van der Waals surface area (Å²) >= 11 is 0. The minimum atomic E-state index is -2.00. The number of hydrogen-bond donors (Lipinski definition) is 12. The van der Waals surface area contributed by atoms with Gasteiger partial charge in [-0.3, -0.25) is 4.79 Å². The Morgan fingerprint density at radius 3 is 1.78 bits per heavy atom. The second-order valence-electron chi connectivity index (χ2n) is 10.4. The van der Waals surface area contributed by atoms with E-state index in [9.17, 15) is 66.1 Å². The molecule has 0 bridgehead atoms. The van der Waals surface area contributed by atoms with Crippen molar-refractivity contribution in [1.82, 2.24) is 0 Å². The molecule has 2 unspecified atom stereocenters. The largest absolute Gasteiger partial charge is 0.508 e. The van der Waals surface area contributed by atoms with Crippen LogP contribution in [0.3, 0.4) is 0 Å². The molecule has 0 aliphatic carbocycles. The highest BCUT2D eigenvalue weighted by atomic mass is 16.7. The molecule has 12 N–H and O–H groups in total. The maximum absolute atomic E-state index is 13.7. The van der Waals surface area contributed by atoms with Gasteiger partial charge in [0.05, 0.1) is 13.2 Å². The van der Waals surface area contributed by atoms with Crippen molar-refractivity contribution in [3.05, 3.63) is 34.5 Å². The summed E-state index contributed by atoms with van der Waals surface area (Å²) in [5, 5.41) is 121. The number of hydrogen-bond acceptors (Lipinski definition) is 18. The summed E-state index contributed by atoms with van der Waals surface area (Å²) in [5.41, 5.74) is -1.88. The third-order valence-corrected chi connectivity index (χ3v) is 7.41. The van der Waals surface area contributed by atoms with Crippen molar-refractivity contribution in [2.24, 2.45) is 0 Å². The lowest BCUT2D eigenvalue weighted by Gasteiger charge is -2.39. The number of rotatable bonds is 7. The Labute approximate surface area is 250 Å². The fourth-order valence-corrected chi connectivity index (χ4v) is 4.95. The molecule has 2 saturated heterocycles. The minimum Gasteiger partial charge on any atom is -0.508 e. The first kappa shape index (κ1) is 32.4. The molecule has 18 nitrogen and oxygen atoms in total.